The Hall–Kier alpha value is -1.31. The van der Waals surface area contributed by atoms with Gasteiger partial charge in [-0.1, -0.05) is 46.2 Å². The predicted octanol–water partition coefficient (Wildman–Crippen LogP) is 4.12. The van der Waals surface area contributed by atoms with Crippen LogP contribution in [0.4, 0.5) is 0 Å². The van der Waals surface area contributed by atoms with Gasteiger partial charge in [0, 0.05) is 11.6 Å². The first-order chi connectivity index (χ1) is 8.58. The summed E-state index contributed by atoms with van der Waals surface area (Å²) in [4.78, 5) is 12.1. The van der Waals surface area contributed by atoms with E-state index in [1.807, 2.05) is 24.3 Å². The zero-order valence-electron chi connectivity index (χ0n) is 12.0. The highest BCUT2D eigenvalue weighted by Crippen LogP contribution is 2.15. The van der Waals surface area contributed by atoms with Gasteiger partial charge in [-0.2, -0.15) is 0 Å². The molecule has 2 heteroatoms. The van der Waals surface area contributed by atoms with Crippen molar-refractivity contribution in [3.63, 3.8) is 0 Å². The van der Waals surface area contributed by atoms with E-state index < -0.39 is 0 Å². The second-order valence-electron chi connectivity index (χ2n) is 5.14. The number of nitrogens with one attached hydrogen (secondary N) is 1. The molecule has 0 saturated carbocycles. The average molecular weight is 247 g/mol. The van der Waals surface area contributed by atoms with Crippen molar-refractivity contribution in [3.8, 4) is 0 Å². The highest BCUT2D eigenvalue weighted by atomic mass is 16.1. The van der Waals surface area contributed by atoms with Gasteiger partial charge in [0.05, 0.1) is 0 Å². The molecule has 0 saturated heterocycles. The van der Waals surface area contributed by atoms with Crippen LogP contribution in [0.25, 0.3) is 0 Å². The smallest absolute Gasteiger partial charge is 0.251 e. The normalized spacial score (nSPS) is 12.5. The molecule has 1 N–H and O–H groups in total. The third-order valence-electron chi connectivity index (χ3n) is 3.30. The van der Waals surface area contributed by atoms with Crippen molar-refractivity contribution in [3.05, 3.63) is 35.4 Å². The van der Waals surface area contributed by atoms with Gasteiger partial charge >= 0.3 is 0 Å². The number of carbonyl (C=O) groups excluding carboxylic acids is 1. The van der Waals surface area contributed by atoms with Crippen LogP contribution in [0.2, 0.25) is 0 Å². The summed E-state index contributed by atoms with van der Waals surface area (Å²) < 4.78 is 0. The molecule has 0 spiro atoms. The molecular formula is C16H25NO. The molecule has 1 aromatic rings. The standard InChI is InChI=1S/C16H25NO/c1-5-7-15(6-2)17-16(18)14-10-8-13(9-11-14)12(3)4/h8-12,15H,5-7H2,1-4H3,(H,17,18). The fourth-order valence-electron chi connectivity index (χ4n) is 2.01. The number of benzene rings is 1. The molecule has 100 valence electrons. The number of hydrogen-bond acceptors (Lipinski definition) is 1. The predicted molar refractivity (Wildman–Crippen MR) is 77.0 cm³/mol. The highest BCUT2D eigenvalue weighted by Gasteiger charge is 2.11. The fourth-order valence-corrected chi connectivity index (χ4v) is 2.01. The molecule has 0 radical (unpaired) electrons. The van der Waals surface area contributed by atoms with Gasteiger partial charge in [-0.25, -0.2) is 0 Å². The van der Waals surface area contributed by atoms with E-state index in [2.05, 4.69) is 33.0 Å². The third kappa shape index (κ3) is 4.17. The second-order valence-corrected chi connectivity index (χ2v) is 5.14. The van der Waals surface area contributed by atoms with E-state index in [9.17, 15) is 4.79 Å². The summed E-state index contributed by atoms with van der Waals surface area (Å²) in [6.45, 7) is 8.57. The Morgan fingerprint density at radius 3 is 2.22 bits per heavy atom. The molecule has 1 unspecified atom stereocenters. The maximum absolute atomic E-state index is 12.1. The third-order valence-corrected chi connectivity index (χ3v) is 3.30. The summed E-state index contributed by atoms with van der Waals surface area (Å²) in [6.07, 6.45) is 3.14. The van der Waals surface area contributed by atoms with Gasteiger partial charge in [-0.05, 0) is 36.5 Å². The molecule has 1 amide bonds. The summed E-state index contributed by atoms with van der Waals surface area (Å²) in [6, 6.07) is 8.22. The molecule has 0 bridgehead atoms. The van der Waals surface area contributed by atoms with Crippen molar-refractivity contribution >= 4 is 5.91 Å². The molecule has 0 aliphatic carbocycles. The summed E-state index contributed by atoms with van der Waals surface area (Å²) in [5.41, 5.74) is 2.03. The van der Waals surface area contributed by atoms with E-state index in [1.54, 1.807) is 0 Å². The van der Waals surface area contributed by atoms with Crippen LogP contribution in [0.5, 0.6) is 0 Å². The van der Waals surface area contributed by atoms with Crippen LogP contribution in [0.1, 0.15) is 68.8 Å². The Bertz CT molecular complexity index is 367. The van der Waals surface area contributed by atoms with E-state index in [0.717, 1.165) is 24.8 Å². The molecule has 0 aromatic heterocycles. The van der Waals surface area contributed by atoms with Crippen molar-refractivity contribution in [2.45, 2.75) is 58.9 Å². The van der Waals surface area contributed by atoms with Crippen molar-refractivity contribution in [1.82, 2.24) is 5.32 Å². The molecule has 1 aromatic carbocycles. The number of carbonyl (C=O) groups is 1. The first-order valence-electron chi connectivity index (χ1n) is 6.99. The van der Waals surface area contributed by atoms with Gasteiger partial charge < -0.3 is 5.32 Å². The second kappa shape index (κ2) is 7.20. The van der Waals surface area contributed by atoms with Crippen molar-refractivity contribution in [2.75, 3.05) is 0 Å². The van der Waals surface area contributed by atoms with Crippen molar-refractivity contribution in [1.29, 1.82) is 0 Å². The Morgan fingerprint density at radius 1 is 1.17 bits per heavy atom. The monoisotopic (exact) mass is 247 g/mol. The SMILES string of the molecule is CCCC(CC)NC(=O)c1ccc(C(C)C)cc1. The van der Waals surface area contributed by atoms with Crippen LogP contribution in [-0.4, -0.2) is 11.9 Å². The Morgan fingerprint density at radius 2 is 1.78 bits per heavy atom. The van der Waals surface area contributed by atoms with Gasteiger partial charge in [-0.3, -0.25) is 4.79 Å². The van der Waals surface area contributed by atoms with Gasteiger partial charge in [0.15, 0.2) is 0 Å². The lowest BCUT2D eigenvalue weighted by Gasteiger charge is -2.16. The van der Waals surface area contributed by atoms with Crippen LogP contribution in [0.15, 0.2) is 24.3 Å². The average Bonchev–Trinajstić information content (AvgIpc) is 2.38. The van der Waals surface area contributed by atoms with Gasteiger partial charge in [-0.15, -0.1) is 0 Å². The lowest BCUT2D eigenvalue weighted by molar-refractivity contribution is 0.0933. The zero-order chi connectivity index (χ0) is 13.5. The molecule has 0 fully saturated rings. The topological polar surface area (TPSA) is 29.1 Å². The van der Waals surface area contributed by atoms with Gasteiger partial charge in [0.1, 0.15) is 0 Å². The van der Waals surface area contributed by atoms with E-state index in [-0.39, 0.29) is 5.91 Å². The Labute approximate surface area is 111 Å². The Kier molecular flexibility index (Phi) is 5.90. The highest BCUT2D eigenvalue weighted by molar-refractivity contribution is 5.94. The first-order valence-corrected chi connectivity index (χ1v) is 6.99. The molecule has 0 aliphatic rings. The summed E-state index contributed by atoms with van der Waals surface area (Å²) >= 11 is 0. The van der Waals surface area contributed by atoms with E-state index >= 15 is 0 Å². The largest absolute Gasteiger partial charge is 0.349 e. The minimum Gasteiger partial charge on any atom is -0.349 e. The van der Waals surface area contributed by atoms with Crippen molar-refractivity contribution < 1.29 is 4.79 Å². The molecule has 1 atom stereocenters. The number of hydrogen-bond donors (Lipinski definition) is 1. The van der Waals surface area contributed by atoms with E-state index in [4.69, 9.17) is 0 Å². The quantitative estimate of drug-likeness (QED) is 0.805. The maximum Gasteiger partial charge on any atom is 0.251 e. The van der Waals surface area contributed by atoms with Gasteiger partial charge in [0.2, 0.25) is 0 Å². The fraction of sp³-hybridized carbons (Fsp3) is 0.562. The summed E-state index contributed by atoms with van der Waals surface area (Å²) in [5.74, 6) is 0.552. The summed E-state index contributed by atoms with van der Waals surface area (Å²) in [7, 11) is 0. The Balaban J connectivity index is 2.66. The molecule has 0 heterocycles. The zero-order valence-corrected chi connectivity index (χ0v) is 12.0. The minimum atomic E-state index is 0.0469. The minimum absolute atomic E-state index is 0.0469. The van der Waals surface area contributed by atoms with Crippen molar-refractivity contribution in [2.24, 2.45) is 0 Å². The summed E-state index contributed by atoms with van der Waals surface area (Å²) in [5, 5.41) is 3.09. The lowest BCUT2D eigenvalue weighted by Crippen LogP contribution is -2.34. The van der Waals surface area contributed by atoms with Crippen LogP contribution in [0.3, 0.4) is 0 Å². The number of rotatable bonds is 6. The lowest BCUT2D eigenvalue weighted by atomic mass is 10.0. The van der Waals surface area contributed by atoms with Crippen LogP contribution in [-0.2, 0) is 0 Å². The van der Waals surface area contributed by atoms with Gasteiger partial charge in [0.25, 0.3) is 5.91 Å². The van der Waals surface area contributed by atoms with Crippen LogP contribution >= 0.6 is 0 Å². The number of amides is 1. The molecule has 18 heavy (non-hydrogen) atoms. The molecule has 2 nitrogen and oxygen atoms in total. The van der Waals surface area contributed by atoms with E-state index in [1.165, 1.54) is 5.56 Å². The maximum atomic E-state index is 12.1. The molecule has 0 aliphatic heterocycles. The van der Waals surface area contributed by atoms with Crippen LogP contribution in [0, 0.1) is 0 Å². The molecular weight excluding hydrogens is 222 g/mol. The van der Waals surface area contributed by atoms with Crippen LogP contribution < -0.4 is 5.32 Å². The first kappa shape index (κ1) is 14.7. The van der Waals surface area contributed by atoms with E-state index in [0.29, 0.717) is 12.0 Å². The molecule has 1 rings (SSSR count).